The topological polar surface area (TPSA) is 25.2 Å². The molecule has 0 bridgehead atoms. The molecule has 0 aliphatic heterocycles. The first-order valence-corrected chi connectivity index (χ1v) is 7.46. The second-order valence-electron chi connectivity index (χ2n) is 8.15. The second kappa shape index (κ2) is 5.03. The largest absolute Gasteiger partial charge is 0.350 e. The predicted molar refractivity (Wildman–Crippen MR) is 83.2 cm³/mol. The number of carbonyl (C=O) groups excluding carboxylic acids is 1. The van der Waals surface area contributed by atoms with Gasteiger partial charge in [-0.2, -0.15) is 0 Å². The lowest BCUT2D eigenvalue weighted by atomic mass is 9.76. The number of aromatic nitrogens is 1. The van der Waals surface area contributed by atoms with Gasteiger partial charge < -0.3 is 9.47 Å². The van der Waals surface area contributed by atoms with Gasteiger partial charge in [-0.1, -0.05) is 27.7 Å². The number of Topliss-reactive ketones (excluding diaryl/α,β-unsaturated/α-hetero) is 1. The fourth-order valence-corrected chi connectivity index (χ4v) is 3.52. The van der Waals surface area contributed by atoms with Gasteiger partial charge in [0, 0.05) is 37.0 Å². The Kier molecular flexibility index (Phi) is 3.85. The molecule has 1 aliphatic rings. The van der Waals surface area contributed by atoms with Crippen LogP contribution in [0.3, 0.4) is 0 Å². The molecular formula is C17H28N2O. The quantitative estimate of drug-likeness (QED) is 0.843. The smallest absolute Gasteiger partial charge is 0.165 e. The standard InChI is InChI=1S/C17H28N2O/c1-16(2)9-14-13(15(20)10-16)7-8-19(14)12-17(3,4)11-18(5)6/h7-8H,9-12H2,1-6H3. The van der Waals surface area contributed by atoms with E-state index in [2.05, 4.69) is 57.5 Å². The van der Waals surface area contributed by atoms with Gasteiger partial charge in [-0.3, -0.25) is 4.79 Å². The van der Waals surface area contributed by atoms with Crippen LogP contribution in [0.1, 0.15) is 50.2 Å². The lowest BCUT2D eigenvalue weighted by Gasteiger charge is -2.33. The minimum Gasteiger partial charge on any atom is -0.350 e. The van der Waals surface area contributed by atoms with Crippen LogP contribution in [0.25, 0.3) is 0 Å². The van der Waals surface area contributed by atoms with Crippen LogP contribution >= 0.6 is 0 Å². The van der Waals surface area contributed by atoms with Crippen molar-refractivity contribution in [1.29, 1.82) is 0 Å². The third kappa shape index (κ3) is 3.32. The molecule has 0 saturated carbocycles. The second-order valence-corrected chi connectivity index (χ2v) is 8.15. The zero-order valence-electron chi connectivity index (χ0n) is 13.8. The van der Waals surface area contributed by atoms with Crippen molar-refractivity contribution < 1.29 is 4.79 Å². The van der Waals surface area contributed by atoms with Gasteiger partial charge in [0.1, 0.15) is 0 Å². The average Bonchev–Trinajstić information content (AvgIpc) is 2.56. The van der Waals surface area contributed by atoms with Crippen molar-refractivity contribution in [2.75, 3.05) is 20.6 Å². The molecule has 1 aliphatic carbocycles. The van der Waals surface area contributed by atoms with E-state index in [1.807, 2.05) is 6.07 Å². The molecule has 112 valence electrons. The molecule has 1 heterocycles. The van der Waals surface area contributed by atoms with E-state index in [0.29, 0.717) is 12.2 Å². The number of nitrogens with zero attached hydrogens (tertiary/aromatic N) is 2. The van der Waals surface area contributed by atoms with Crippen molar-refractivity contribution in [3.63, 3.8) is 0 Å². The number of hydrogen-bond donors (Lipinski definition) is 0. The summed E-state index contributed by atoms with van der Waals surface area (Å²) in [5, 5.41) is 0. The summed E-state index contributed by atoms with van der Waals surface area (Å²) in [4.78, 5) is 14.5. The molecule has 2 rings (SSSR count). The van der Waals surface area contributed by atoms with Crippen molar-refractivity contribution in [3.05, 3.63) is 23.5 Å². The molecule has 3 heteroatoms. The average molecular weight is 276 g/mol. The van der Waals surface area contributed by atoms with Gasteiger partial charge in [0.2, 0.25) is 0 Å². The number of ketones is 1. The van der Waals surface area contributed by atoms with Gasteiger partial charge in [-0.15, -0.1) is 0 Å². The zero-order valence-corrected chi connectivity index (χ0v) is 13.8. The van der Waals surface area contributed by atoms with Gasteiger partial charge in [0.05, 0.1) is 0 Å². The van der Waals surface area contributed by atoms with Crippen LogP contribution in [0.4, 0.5) is 0 Å². The Morgan fingerprint density at radius 1 is 1.30 bits per heavy atom. The molecule has 0 fully saturated rings. The third-order valence-corrected chi connectivity index (χ3v) is 4.01. The third-order valence-electron chi connectivity index (χ3n) is 4.01. The normalized spacial score (nSPS) is 18.4. The molecule has 0 radical (unpaired) electrons. The van der Waals surface area contributed by atoms with E-state index in [4.69, 9.17) is 0 Å². The SMILES string of the molecule is CN(C)CC(C)(C)Cn1ccc2c1CC(C)(C)CC2=O. The Morgan fingerprint density at radius 2 is 1.95 bits per heavy atom. The highest BCUT2D eigenvalue weighted by molar-refractivity contribution is 5.98. The van der Waals surface area contributed by atoms with E-state index in [1.54, 1.807) is 0 Å². The summed E-state index contributed by atoms with van der Waals surface area (Å²) < 4.78 is 2.30. The number of rotatable bonds is 4. The van der Waals surface area contributed by atoms with Gasteiger partial charge in [0.15, 0.2) is 5.78 Å². The molecule has 0 spiro atoms. The molecule has 0 saturated heterocycles. The van der Waals surface area contributed by atoms with Crippen LogP contribution in [0.2, 0.25) is 0 Å². The van der Waals surface area contributed by atoms with Crippen molar-refractivity contribution in [2.45, 2.75) is 47.1 Å². The summed E-state index contributed by atoms with van der Waals surface area (Å²) in [5.74, 6) is 0.306. The van der Waals surface area contributed by atoms with Crippen LogP contribution in [-0.2, 0) is 13.0 Å². The van der Waals surface area contributed by atoms with E-state index >= 15 is 0 Å². The number of hydrogen-bond acceptors (Lipinski definition) is 2. The highest BCUT2D eigenvalue weighted by Gasteiger charge is 2.33. The van der Waals surface area contributed by atoms with E-state index in [0.717, 1.165) is 25.1 Å². The van der Waals surface area contributed by atoms with Crippen molar-refractivity contribution in [1.82, 2.24) is 9.47 Å². The minimum atomic E-state index is 0.0892. The Labute approximate surface area is 123 Å². The number of carbonyl (C=O) groups is 1. The van der Waals surface area contributed by atoms with Crippen LogP contribution in [0.15, 0.2) is 12.3 Å². The summed E-state index contributed by atoms with van der Waals surface area (Å²) in [5.41, 5.74) is 2.47. The molecule has 0 N–H and O–H groups in total. The first-order valence-electron chi connectivity index (χ1n) is 7.46. The molecule has 1 aromatic heterocycles. The summed E-state index contributed by atoms with van der Waals surface area (Å²) >= 11 is 0. The highest BCUT2D eigenvalue weighted by Crippen LogP contribution is 2.36. The lowest BCUT2D eigenvalue weighted by Crippen LogP contribution is -2.34. The van der Waals surface area contributed by atoms with Crippen molar-refractivity contribution in [2.24, 2.45) is 10.8 Å². The summed E-state index contributed by atoms with van der Waals surface area (Å²) in [7, 11) is 4.22. The Bertz CT molecular complexity index is 509. The number of fused-ring (bicyclic) bond motifs is 1. The van der Waals surface area contributed by atoms with E-state index < -0.39 is 0 Å². The van der Waals surface area contributed by atoms with Gasteiger partial charge in [-0.25, -0.2) is 0 Å². The van der Waals surface area contributed by atoms with E-state index in [-0.39, 0.29) is 10.8 Å². The molecule has 3 nitrogen and oxygen atoms in total. The molecule has 20 heavy (non-hydrogen) atoms. The first kappa shape index (κ1) is 15.3. The maximum absolute atomic E-state index is 12.2. The molecule has 0 unspecified atom stereocenters. The van der Waals surface area contributed by atoms with Crippen LogP contribution in [0, 0.1) is 10.8 Å². The van der Waals surface area contributed by atoms with Crippen LogP contribution in [-0.4, -0.2) is 35.9 Å². The molecule has 1 aromatic rings. The summed E-state index contributed by atoms with van der Waals surface area (Å²) in [6.45, 7) is 11.0. The summed E-state index contributed by atoms with van der Waals surface area (Å²) in [6.07, 6.45) is 3.77. The lowest BCUT2D eigenvalue weighted by molar-refractivity contribution is 0.0908. The fourth-order valence-electron chi connectivity index (χ4n) is 3.52. The van der Waals surface area contributed by atoms with Gasteiger partial charge in [-0.05, 0) is 37.4 Å². The maximum Gasteiger partial charge on any atom is 0.165 e. The van der Waals surface area contributed by atoms with Crippen LogP contribution < -0.4 is 0 Å². The monoisotopic (exact) mass is 276 g/mol. The van der Waals surface area contributed by atoms with Gasteiger partial charge >= 0.3 is 0 Å². The Morgan fingerprint density at radius 3 is 2.55 bits per heavy atom. The molecular weight excluding hydrogens is 248 g/mol. The Balaban J connectivity index is 2.26. The molecule has 0 amide bonds. The zero-order chi connectivity index (χ0) is 15.1. The van der Waals surface area contributed by atoms with Crippen LogP contribution in [0.5, 0.6) is 0 Å². The molecule has 0 aromatic carbocycles. The van der Waals surface area contributed by atoms with E-state index in [9.17, 15) is 4.79 Å². The predicted octanol–water partition coefficient (Wildman–Crippen LogP) is 3.23. The minimum absolute atomic E-state index is 0.0892. The van der Waals surface area contributed by atoms with Crippen molar-refractivity contribution >= 4 is 5.78 Å². The Hall–Kier alpha value is -1.09. The first-order chi connectivity index (χ1) is 9.10. The highest BCUT2D eigenvalue weighted by atomic mass is 16.1. The van der Waals surface area contributed by atoms with Crippen molar-refractivity contribution in [3.8, 4) is 0 Å². The maximum atomic E-state index is 12.2. The summed E-state index contributed by atoms with van der Waals surface area (Å²) in [6, 6.07) is 2.01. The molecule has 0 atom stereocenters. The van der Waals surface area contributed by atoms with E-state index in [1.165, 1.54) is 5.69 Å². The van der Waals surface area contributed by atoms with Gasteiger partial charge in [0.25, 0.3) is 0 Å². The fraction of sp³-hybridized carbons (Fsp3) is 0.706.